The summed E-state index contributed by atoms with van der Waals surface area (Å²) in [7, 11) is 3.91. The molecule has 3 aromatic heterocycles. The number of halogens is 1. The van der Waals surface area contributed by atoms with Crippen molar-refractivity contribution in [2.45, 2.75) is 0 Å². The number of likely N-dealkylation sites (N-methyl/N-ethyl adjacent to an activating group) is 1. The molecule has 0 fully saturated rings. The van der Waals surface area contributed by atoms with Crippen molar-refractivity contribution in [1.29, 1.82) is 0 Å². The summed E-state index contributed by atoms with van der Waals surface area (Å²) in [5.74, 6) is 0.798. The topological polar surface area (TPSA) is 103 Å². The van der Waals surface area contributed by atoms with Crippen molar-refractivity contribution in [2.75, 3.05) is 27.2 Å². The van der Waals surface area contributed by atoms with Crippen LogP contribution in [-0.4, -0.2) is 62.4 Å². The standard InChI is InChI=1S/C29H25FN6O2/c1-36(2)10-11-38-22-14-19(12-20(30)16-22)26-28-25(8-9-31-26)32-29(33-28)27-23-15-18(6-7-24(23)34-35-27)17-4-3-5-21(37)13-17/h3-9,12-16,37H,10-11H2,1-2H3,(H,32,33)(H,34,35). The van der Waals surface area contributed by atoms with Crippen LogP contribution in [0.25, 0.3) is 55.8 Å². The van der Waals surface area contributed by atoms with Crippen LogP contribution in [0, 0.1) is 5.82 Å². The second-order valence-electron chi connectivity index (χ2n) is 9.35. The molecule has 38 heavy (non-hydrogen) atoms. The van der Waals surface area contributed by atoms with Crippen LogP contribution in [0.2, 0.25) is 0 Å². The number of fused-ring (bicyclic) bond motifs is 2. The van der Waals surface area contributed by atoms with E-state index in [1.165, 1.54) is 12.1 Å². The van der Waals surface area contributed by atoms with Gasteiger partial charge in [0.25, 0.3) is 0 Å². The molecular formula is C29H25FN6O2. The quantitative estimate of drug-likeness (QED) is 0.259. The maximum absolute atomic E-state index is 14.5. The number of hydrogen-bond acceptors (Lipinski definition) is 6. The first-order valence-corrected chi connectivity index (χ1v) is 12.2. The molecule has 0 amide bonds. The summed E-state index contributed by atoms with van der Waals surface area (Å²) in [6, 6.07) is 19.5. The number of aromatic hydroxyl groups is 1. The highest BCUT2D eigenvalue weighted by atomic mass is 19.1. The van der Waals surface area contributed by atoms with E-state index < -0.39 is 5.82 Å². The first-order valence-electron chi connectivity index (χ1n) is 12.2. The van der Waals surface area contributed by atoms with Gasteiger partial charge in [0, 0.05) is 29.8 Å². The molecule has 0 aliphatic rings. The molecule has 0 aliphatic heterocycles. The highest BCUT2D eigenvalue weighted by Crippen LogP contribution is 2.34. The van der Waals surface area contributed by atoms with Gasteiger partial charge in [0.2, 0.25) is 0 Å². The van der Waals surface area contributed by atoms with E-state index in [0.29, 0.717) is 47.2 Å². The lowest BCUT2D eigenvalue weighted by atomic mass is 10.0. The number of aromatic amines is 2. The van der Waals surface area contributed by atoms with Crippen molar-refractivity contribution < 1.29 is 14.2 Å². The third-order valence-electron chi connectivity index (χ3n) is 6.32. The Morgan fingerprint density at radius 2 is 1.79 bits per heavy atom. The molecule has 6 rings (SSSR count). The van der Waals surface area contributed by atoms with Gasteiger partial charge < -0.3 is 19.7 Å². The predicted molar refractivity (Wildman–Crippen MR) is 146 cm³/mol. The van der Waals surface area contributed by atoms with Gasteiger partial charge in [-0.3, -0.25) is 10.1 Å². The molecule has 0 saturated carbocycles. The number of phenolic OH excluding ortho intramolecular Hbond substituents is 1. The zero-order valence-corrected chi connectivity index (χ0v) is 20.9. The van der Waals surface area contributed by atoms with Crippen LogP contribution < -0.4 is 4.74 Å². The van der Waals surface area contributed by atoms with Crippen molar-refractivity contribution in [2.24, 2.45) is 0 Å². The van der Waals surface area contributed by atoms with Crippen LogP contribution in [-0.2, 0) is 0 Å². The van der Waals surface area contributed by atoms with Gasteiger partial charge in [0.1, 0.15) is 35.1 Å². The molecular weight excluding hydrogens is 483 g/mol. The zero-order chi connectivity index (χ0) is 26.2. The Morgan fingerprint density at radius 1 is 0.921 bits per heavy atom. The average Bonchev–Trinajstić information content (AvgIpc) is 3.51. The summed E-state index contributed by atoms with van der Waals surface area (Å²) in [6.07, 6.45) is 1.67. The summed E-state index contributed by atoms with van der Waals surface area (Å²) in [5, 5.41) is 18.4. The van der Waals surface area contributed by atoms with E-state index in [4.69, 9.17) is 9.72 Å². The number of benzene rings is 3. The molecule has 0 aliphatic carbocycles. The molecule has 8 nitrogen and oxygen atoms in total. The molecule has 0 bridgehead atoms. The Bertz CT molecular complexity index is 1770. The maximum Gasteiger partial charge on any atom is 0.159 e. The van der Waals surface area contributed by atoms with E-state index in [-0.39, 0.29) is 5.75 Å². The minimum atomic E-state index is -0.408. The fraction of sp³-hybridized carbons (Fsp3) is 0.138. The molecule has 9 heteroatoms. The first-order chi connectivity index (χ1) is 18.4. The Morgan fingerprint density at radius 3 is 2.63 bits per heavy atom. The van der Waals surface area contributed by atoms with Gasteiger partial charge >= 0.3 is 0 Å². The van der Waals surface area contributed by atoms with E-state index in [0.717, 1.165) is 27.5 Å². The molecule has 0 atom stereocenters. The molecule has 190 valence electrons. The van der Waals surface area contributed by atoms with Gasteiger partial charge in [-0.25, -0.2) is 9.37 Å². The van der Waals surface area contributed by atoms with E-state index >= 15 is 0 Å². The molecule has 3 heterocycles. The molecule has 0 radical (unpaired) electrons. The number of phenols is 1. The Kier molecular flexibility index (Phi) is 5.97. The Labute approximate surface area is 217 Å². The van der Waals surface area contributed by atoms with Crippen LogP contribution >= 0.6 is 0 Å². The van der Waals surface area contributed by atoms with Crippen LogP contribution in [0.15, 0.2) is 72.9 Å². The van der Waals surface area contributed by atoms with Crippen LogP contribution in [0.4, 0.5) is 4.39 Å². The van der Waals surface area contributed by atoms with E-state index in [2.05, 4.69) is 20.2 Å². The number of nitrogens with zero attached hydrogens (tertiary/aromatic N) is 4. The number of hydrogen-bond donors (Lipinski definition) is 3. The van der Waals surface area contributed by atoms with E-state index in [1.54, 1.807) is 24.4 Å². The minimum absolute atomic E-state index is 0.205. The fourth-order valence-corrected chi connectivity index (χ4v) is 4.45. The van der Waals surface area contributed by atoms with Crippen molar-refractivity contribution in [3.05, 3.63) is 78.7 Å². The lowest BCUT2D eigenvalue weighted by molar-refractivity contribution is 0.260. The summed E-state index contributed by atoms with van der Waals surface area (Å²) in [4.78, 5) is 14.7. The Balaban J connectivity index is 1.40. The lowest BCUT2D eigenvalue weighted by Crippen LogP contribution is -2.19. The van der Waals surface area contributed by atoms with Gasteiger partial charge in [-0.15, -0.1) is 0 Å². The van der Waals surface area contributed by atoms with Crippen molar-refractivity contribution in [1.82, 2.24) is 30.0 Å². The smallest absolute Gasteiger partial charge is 0.159 e. The number of pyridine rings is 1. The Hall–Kier alpha value is -4.76. The number of rotatable bonds is 7. The van der Waals surface area contributed by atoms with Crippen LogP contribution in [0.1, 0.15) is 0 Å². The van der Waals surface area contributed by atoms with Crippen molar-refractivity contribution in [3.8, 4) is 45.4 Å². The third kappa shape index (κ3) is 4.55. The zero-order valence-electron chi connectivity index (χ0n) is 20.9. The molecule has 0 unspecified atom stereocenters. The summed E-state index contributed by atoms with van der Waals surface area (Å²) < 4.78 is 20.3. The highest BCUT2D eigenvalue weighted by Gasteiger charge is 2.17. The molecule has 0 saturated heterocycles. The van der Waals surface area contributed by atoms with E-state index in [9.17, 15) is 9.50 Å². The monoisotopic (exact) mass is 508 g/mol. The lowest BCUT2D eigenvalue weighted by Gasteiger charge is -2.12. The molecule has 6 aromatic rings. The first kappa shape index (κ1) is 23.6. The second kappa shape index (κ2) is 9.60. The number of nitrogens with one attached hydrogen (secondary N) is 2. The van der Waals surface area contributed by atoms with Gasteiger partial charge in [0.05, 0.1) is 16.7 Å². The maximum atomic E-state index is 14.5. The average molecular weight is 509 g/mol. The molecule has 0 spiro atoms. The number of imidazole rings is 1. The SMILES string of the molecule is CN(C)CCOc1cc(F)cc(-c2nccc3[nH]c(-c4n[nH]c5ccc(-c6cccc(O)c6)cc45)nc23)c1. The summed E-state index contributed by atoms with van der Waals surface area (Å²) in [6.45, 7) is 1.16. The van der Waals surface area contributed by atoms with Crippen LogP contribution in [0.3, 0.4) is 0 Å². The van der Waals surface area contributed by atoms with E-state index in [1.807, 2.05) is 55.4 Å². The van der Waals surface area contributed by atoms with Crippen molar-refractivity contribution in [3.63, 3.8) is 0 Å². The molecule has 3 aromatic carbocycles. The summed E-state index contributed by atoms with van der Waals surface area (Å²) >= 11 is 0. The predicted octanol–water partition coefficient (Wildman–Crippen LogP) is 5.62. The van der Waals surface area contributed by atoms with Gasteiger partial charge in [-0.05, 0) is 67.7 Å². The fourth-order valence-electron chi connectivity index (χ4n) is 4.45. The largest absolute Gasteiger partial charge is 0.508 e. The molecule has 3 N–H and O–H groups in total. The van der Waals surface area contributed by atoms with Gasteiger partial charge in [-0.2, -0.15) is 5.10 Å². The second-order valence-corrected chi connectivity index (χ2v) is 9.35. The normalized spacial score (nSPS) is 11.6. The minimum Gasteiger partial charge on any atom is -0.508 e. The van der Waals surface area contributed by atoms with Crippen LogP contribution in [0.5, 0.6) is 11.5 Å². The number of ether oxygens (including phenoxy) is 1. The highest BCUT2D eigenvalue weighted by molar-refractivity contribution is 5.97. The third-order valence-corrected chi connectivity index (χ3v) is 6.32. The van der Waals surface area contributed by atoms with Gasteiger partial charge in [0.15, 0.2) is 5.82 Å². The van der Waals surface area contributed by atoms with Gasteiger partial charge in [-0.1, -0.05) is 18.2 Å². The number of H-pyrrole nitrogens is 2. The van der Waals surface area contributed by atoms with Crippen molar-refractivity contribution >= 4 is 21.9 Å². The summed E-state index contributed by atoms with van der Waals surface area (Å²) in [5.41, 5.74) is 5.82. The number of aromatic nitrogens is 5.